The first kappa shape index (κ1) is 12.0. The number of nitrogens with zero attached hydrogens (tertiary/aromatic N) is 2. The van der Waals surface area contributed by atoms with E-state index in [-0.39, 0.29) is 0 Å². The number of hydrogen-bond acceptors (Lipinski definition) is 3. The lowest BCUT2D eigenvalue weighted by Gasteiger charge is -2.11. The van der Waals surface area contributed by atoms with Gasteiger partial charge in [-0.15, -0.1) is 0 Å². The van der Waals surface area contributed by atoms with E-state index in [0.29, 0.717) is 11.8 Å². The molecule has 0 bridgehead atoms. The van der Waals surface area contributed by atoms with Crippen LogP contribution >= 0.6 is 0 Å². The molecule has 3 nitrogen and oxygen atoms in total. The minimum Gasteiger partial charge on any atom is -0.373 e. The van der Waals surface area contributed by atoms with Gasteiger partial charge in [0.05, 0.1) is 0 Å². The molecular weight excluding hydrogens is 186 g/mol. The summed E-state index contributed by atoms with van der Waals surface area (Å²) in [7, 11) is 1.89. The minimum atomic E-state index is 0.379. The van der Waals surface area contributed by atoms with E-state index in [2.05, 4.69) is 43.0 Å². The lowest BCUT2D eigenvalue weighted by molar-refractivity contribution is 0.626. The predicted molar refractivity (Wildman–Crippen MR) is 64.2 cm³/mol. The van der Waals surface area contributed by atoms with Crippen LogP contribution < -0.4 is 5.32 Å². The normalized spacial score (nSPS) is 11.1. The van der Waals surface area contributed by atoms with Crippen LogP contribution in [0.15, 0.2) is 6.07 Å². The molecule has 0 saturated carbocycles. The van der Waals surface area contributed by atoms with Gasteiger partial charge in [0.15, 0.2) is 0 Å². The molecule has 1 aromatic rings. The van der Waals surface area contributed by atoms with Crippen LogP contribution in [0.5, 0.6) is 0 Å². The summed E-state index contributed by atoms with van der Waals surface area (Å²) in [5.74, 6) is 2.86. The number of anilines is 1. The lowest BCUT2D eigenvalue weighted by atomic mass is 10.1. The highest BCUT2D eigenvalue weighted by Gasteiger charge is 2.08. The smallest absolute Gasteiger partial charge is 0.133 e. The first-order valence-electron chi connectivity index (χ1n) is 5.58. The molecule has 0 spiro atoms. The van der Waals surface area contributed by atoms with Crippen LogP contribution in [0.2, 0.25) is 0 Å². The Morgan fingerprint density at radius 2 is 1.87 bits per heavy atom. The largest absolute Gasteiger partial charge is 0.373 e. The average Bonchev–Trinajstić information content (AvgIpc) is 2.16. The van der Waals surface area contributed by atoms with Gasteiger partial charge in [-0.05, 0) is 12.3 Å². The van der Waals surface area contributed by atoms with Gasteiger partial charge in [0.1, 0.15) is 11.6 Å². The number of nitrogens with one attached hydrogen (secondary N) is 1. The van der Waals surface area contributed by atoms with Crippen molar-refractivity contribution in [3.8, 4) is 0 Å². The quantitative estimate of drug-likeness (QED) is 0.825. The van der Waals surface area contributed by atoms with Gasteiger partial charge >= 0.3 is 0 Å². The first-order chi connectivity index (χ1) is 7.02. The summed E-state index contributed by atoms with van der Waals surface area (Å²) in [6, 6.07) is 2.03. The highest BCUT2D eigenvalue weighted by Crippen LogP contribution is 2.15. The number of aromatic nitrogens is 2. The fraction of sp³-hybridized carbons (Fsp3) is 0.667. The van der Waals surface area contributed by atoms with Crippen molar-refractivity contribution in [3.63, 3.8) is 0 Å². The molecule has 0 aliphatic rings. The van der Waals surface area contributed by atoms with E-state index >= 15 is 0 Å². The van der Waals surface area contributed by atoms with E-state index in [1.165, 1.54) is 0 Å². The van der Waals surface area contributed by atoms with E-state index in [0.717, 1.165) is 23.8 Å². The summed E-state index contributed by atoms with van der Waals surface area (Å²) in [6.45, 7) is 8.65. The van der Waals surface area contributed by atoms with Crippen LogP contribution in [-0.4, -0.2) is 17.0 Å². The van der Waals surface area contributed by atoms with Gasteiger partial charge in [-0.25, -0.2) is 9.97 Å². The van der Waals surface area contributed by atoms with Crippen LogP contribution in [0.3, 0.4) is 0 Å². The van der Waals surface area contributed by atoms with Gasteiger partial charge < -0.3 is 5.32 Å². The van der Waals surface area contributed by atoms with Crippen molar-refractivity contribution in [2.45, 2.75) is 40.0 Å². The van der Waals surface area contributed by atoms with Crippen LogP contribution in [0.4, 0.5) is 5.82 Å². The third kappa shape index (κ3) is 3.50. The molecule has 84 valence electrons. The van der Waals surface area contributed by atoms with Crippen molar-refractivity contribution in [1.82, 2.24) is 9.97 Å². The van der Waals surface area contributed by atoms with Crippen molar-refractivity contribution in [2.24, 2.45) is 5.92 Å². The molecule has 0 aliphatic heterocycles. The summed E-state index contributed by atoms with van der Waals surface area (Å²) in [4.78, 5) is 9.01. The highest BCUT2D eigenvalue weighted by molar-refractivity contribution is 5.35. The fourth-order valence-electron chi connectivity index (χ4n) is 1.43. The monoisotopic (exact) mass is 207 g/mol. The topological polar surface area (TPSA) is 37.8 Å². The standard InChI is InChI=1S/C12H21N3/c1-8(2)6-10-7-11(13-5)15-12(14-10)9(3)4/h7-9H,6H2,1-5H3,(H,13,14,15). The van der Waals surface area contributed by atoms with E-state index in [1.54, 1.807) is 0 Å². The Morgan fingerprint density at radius 3 is 2.33 bits per heavy atom. The molecule has 0 aliphatic carbocycles. The molecule has 0 radical (unpaired) electrons. The second-order valence-corrected chi connectivity index (χ2v) is 4.61. The molecule has 3 heteroatoms. The third-order valence-electron chi connectivity index (χ3n) is 2.19. The average molecular weight is 207 g/mol. The molecular formula is C12H21N3. The van der Waals surface area contributed by atoms with Gasteiger partial charge in [-0.1, -0.05) is 27.7 Å². The first-order valence-corrected chi connectivity index (χ1v) is 5.58. The Kier molecular flexibility index (Phi) is 4.06. The molecule has 0 saturated heterocycles. The van der Waals surface area contributed by atoms with E-state index in [1.807, 2.05) is 13.1 Å². The molecule has 1 heterocycles. The van der Waals surface area contributed by atoms with Gasteiger partial charge in [0.25, 0.3) is 0 Å². The summed E-state index contributed by atoms with van der Waals surface area (Å²) in [5.41, 5.74) is 1.13. The maximum Gasteiger partial charge on any atom is 0.133 e. The summed E-state index contributed by atoms with van der Waals surface area (Å²) in [5, 5.41) is 3.08. The summed E-state index contributed by atoms with van der Waals surface area (Å²) in [6.07, 6.45) is 1.01. The van der Waals surface area contributed by atoms with Crippen molar-refractivity contribution in [1.29, 1.82) is 0 Å². The second-order valence-electron chi connectivity index (χ2n) is 4.61. The van der Waals surface area contributed by atoms with Crippen LogP contribution in [-0.2, 0) is 6.42 Å². The Balaban J connectivity index is 3.00. The van der Waals surface area contributed by atoms with Crippen molar-refractivity contribution < 1.29 is 0 Å². The Hall–Kier alpha value is -1.12. The summed E-state index contributed by atoms with van der Waals surface area (Å²) < 4.78 is 0. The maximum absolute atomic E-state index is 4.57. The van der Waals surface area contributed by atoms with Gasteiger partial charge in [0, 0.05) is 24.7 Å². The number of rotatable bonds is 4. The maximum atomic E-state index is 4.57. The highest BCUT2D eigenvalue weighted by atomic mass is 15.0. The molecule has 1 rings (SSSR count). The van der Waals surface area contributed by atoms with Gasteiger partial charge in [0.2, 0.25) is 0 Å². The molecule has 0 atom stereocenters. The second kappa shape index (κ2) is 5.10. The molecule has 0 aromatic carbocycles. The molecule has 1 N–H and O–H groups in total. The predicted octanol–water partition coefficient (Wildman–Crippen LogP) is 2.84. The van der Waals surface area contributed by atoms with Crippen molar-refractivity contribution in [3.05, 3.63) is 17.6 Å². The van der Waals surface area contributed by atoms with Gasteiger partial charge in [-0.3, -0.25) is 0 Å². The molecule has 0 amide bonds. The number of hydrogen-bond donors (Lipinski definition) is 1. The van der Waals surface area contributed by atoms with Crippen LogP contribution in [0.1, 0.15) is 45.1 Å². The molecule has 15 heavy (non-hydrogen) atoms. The Bertz CT molecular complexity index is 319. The van der Waals surface area contributed by atoms with Crippen molar-refractivity contribution in [2.75, 3.05) is 12.4 Å². The SMILES string of the molecule is CNc1cc(CC(C)C)nc(C(C)C)n1. The van der Waals surface area contributed by atoms with E-state index in [4.69, 9.17) is 0 Å². The molecule has 0 fully saturated rings. The zero-order chi connectivity index (χ0) is 11.4. The van der Waals surface area contributed by atoms with Crippen molar-refractivity contribution >= 4 is 5.82 Å². The fourth-order valence-corrected chi connectivity index (χ4v) is 1.43. The van der Waals surface area contributed by atoms with Gasteiger partial charge in [-0.2, -0.15) is 0 Å². The lowest BCUT2D eigenvalue weighted by Crippen LogP contribution is -2.07. The van der Waals surface area contributed by atoms with E-state index < -0.39 is 0 Å². The minimum absolute atomic E-state index is 0.379. The Morgan fingerprint density at radius 1 is 1.20 bits per heavy atom. The van der Waals surface area contributed by atoms with Crippen LogP contribution in [0, 0.1) is 5.92 Å². The third-order valence-corrected chi connectivity index (χ3v) is 2.19. The zero-order valence-electron chi connectivity index (χ0n) is 10.3. The van der Waals surface area contributed by atoms with Crippen LogP contribution in [0.25, 0.3) is 0 Å². The zero-order valence-corrected chi connectivity index (χ0v) is 10.3. The summed E-state index contributed by atoms with van der Waals surface area (Å²) >= 11 is 0. The Labute approximate surface area is 92.3 Å². The van der Waals surface area contributed by atoms with E-state index in [9.17, 15) is 0 Å². The molecule has 1 aromatic heterocycles. The molecule has 0 unspecified atom stereocenters.